The predicted molar refractivity (Wildman–Crippen MR) is 105 cm³/mol. The number of rotatable bonds is 6. The van der Waals surface area contributed by atoms with Crippen molar-refractivity contribution in [2.75, 3.05) is 14.2 Å². The zero-order chi connectivity index (χ0) is 20.3. The van der Waals surface area contributed by atoms with Crippen molar-refractivity contribution in [1.82, 2.24) is 4.90 Å². The molecule has 0 bridgehead atoms. The molecule has 1 aliphatic rings. The van der Waals surface area contributed by atoms with E-state index in [1.165, 1.54) is 26.4 Å². The summed E-state index contributed by atoms with van der Waals surface area (Å²) in [4.78, 5) is 15.2. The average Bonchev–Trinajstić information content (AvgIpc) is 3.07. The highest BCUT2D eigenvalue weighted by molar-refractivity contribution is 5.96. The Hall–Kier alpha value is -2.76. The van der Waals surface area contributed by atoms with Crippen LogP contribution in [0.25, 0.3) is 0 Å². The monoisotopic (exact) mass is 387 g/mol. The van der Waals surface area contributed by atoms with E-state index in [0.29, 0.717) is 5.56 Å². The molecule has 28 heavy (non-hydrogen) atoms. The Kier molecular flexibility index (Phi) is 6.07. The number of aryl methyl sites for hydroxylation is 1. The van der Waals surface area contributed by atoms with Gasteiger partial charge in [-0.2, -0.15) is 0 Å². The minimum absolute atomic E-state index is 0.106. The molecule has 3 rings (SSSR count). The topological polar surface area (TPSA) is 59.0 Å². The van der Waals surface area contributed by atoms with Crippen LogP contribution in [0.3, 0.4) is 0 Å². The van der Waals surface area contributed by atoms with Crippen LogP contribution in [0.4, 0.5) is 4.39 Å². The van der Waals surface area contributed by atoms with Gasteiger partial charge in [-0.25, -0.2) is 4.39 Å². The number of ether oxygens (including phenoxy) is 2. The summed E-state index contributed by atoms with van der Waals surface area (Å²) in [5.74, 6) is -0.0605. The second-order valence-electron chi connectivity index (χ2n) is 7.19. The number of benzene rings is 2. The van der Waals surface area contributed by atoms with Gasteiger partial charge in [-0.05, 0) is 62.4 Å². The van der Waals surface area contributed by atoms with Gasteiger partial charge in [-0.1, -0.05) is 12.1 Å². The number of phenols is 1. The fourth-order valence-corrected chi connectivity index (χ4v) is 3.87. The number of aromatic hydroxyl groups is 1. The van der Waals surface area contributed by atoms with Crippen molar-refractivity contribution in [1.29, 1.82) is 0 Å². The molecule has 0 aliphatic carbocycles. The van der Waals surface area contributed by atoms with Crippen molar-refractivity contribution in [3.05, 3.63) is 53.3 Å². The number of methoxy groups -OCH3 is 2. The molecule has 1 saturated heterocycles. The lowest BCUT2D eigenvalue weighted by molar-refractivity contribution is 0.0672. The summed E-state index contributed by atoms with van der Waals surface area (Å²) in [5, 5.41) is 10.1. The third-order valence-electron chi connectivity index (χ3n) is 5.43. The third kappa shape index (κ3) is 4.06. The highest BCUT2D eigenvalue weighted by atomic mass is 19.1. The average molecular weight is 387 g/mol. The van der Waals surface area contributed by atoms with E-state index in [-0.39, 0.29) is 41.1 Å². The van der Waals surface area contributed by atoms with Crippen molar-refractivity contribution in [3.8, 4) is 17.2 Å². The van der Waals surface area contributed by atoms with Crippen molar-refractivity contribution in [3.63, 3.8) is 0 Å². The second-order valence-corrected chi connectivity index (χ2v) is 7.19. The molecular weight excluding hydrogens is 361 g/mol. The molecule has 6 heteroatoms. The molecule has 1 amide bonds. The standard InChI is InChI=1S/C22H26FNO4/c1-14-4-10-18(11-7-15-5-8-17(23)9-6-15)24(14)22(26)16-12-19(27-2)21(25)20(13-16)28-3/h5-6,8-9,12-14,18,25H,4,7,10-11H2,1-3H3/t14-,18-/m1/s1. The summed E-state index contributed by atoms with van der Waals surface area (Å²) in [6.45, 7) is 2.05. The van der Waals surface area contributed by atoms with E-state index in [2.05, 4.69) is 0 Å². The zero-order valence-electron chi connectivity index (χ0n) is 16.4. The normalized spacial score (nSPS) is 18.9. The predicted octanol–water partition coefficient (Wildman–Crippen LogP) is 4.17. The number of halogens is 1. The third-order valence-corrected chi connectivity index (χ3v) is 5.43. The Morgan fingerprint density at radius 3 is 2.32 bits per heavy atom. The number of amides is 1. The van der Waals surface area contributed by atoms with Crippen LogP contribution in [0.15, 0.2) is 36.4 Å². The lowest BCUT2D eigenvalue weighted by Gasteiger charge is -2.29. The largest absolute Gasteiger partial charge is 0.502 e. The first-order valence-electron chi connectivity index (χ1n) is 9.46. The first kappa shape index (κ1) is 20.0. The molecule has 0 unspecified atom stereocenters. The molecule has 150 valence electrons. The van der Waals surface area contributed by atoms with Crippen LogP contribution in [0.5, 0.6) is 17.2 Å². The lowest BCUT2D eigenvalue weighted by atomic mass is 10.0. The van der Waals surface area contributed by atoms with Gasteiger partial charge in [-0.3, -0.25) is 4.79 Å². The van der Waals surface area contributed by atoms with Gasteiger partial charge in [0.1, 0.15) is 5.82 Å². The Bertz CT molecular complexity index is 812. The van der Waals surface area contributed by atoms with Gasteiger partial charge >= 0.3 is 0 Å². The molecular formula is C22H26FNO4. The number of nitrogens with zero attached hydrogens (tertiary/aromatic N) is 1. The Labute approximate surface area is 164 Å². The second kappa shape index (κ2) is 8.50. The van der Waals surface area contributed by atoms with Crippen molar-refractivity contribution in [2.24, 2.45) is 0 Å². The number of phenolic OH excluding ortho intramolecular Hbond substituents is 1. The molecule has 2 atom stereocenters. The van der Waals surface area contributed by atoms with E-state index in [1.807, 2.05) is 11.8 Å². The summed E-state index contributed by atoms with van der Waals surface area (Å²) in [6, 6.07) is 9.82. The summed E-state index contributed by atoms with van der Waals surface area (Å²) < 4.78 is 23.5. The lowest BCUT2D eigenvalue weighted by Crippen LogP contribution is -2.40. The number of hydrogen-bond acceptors (Lipinski definition) is 4. The summed E-state index contributed by atoms with van der Waals surface area (Å²) in [5.41, 5.74) is 1.48. The van der Waals surface area contributed by atoms with E-state index >= 15 is 0 Å². The smallest absolute Gasteiger partial charge is 0.254 e. The molecule has 1 fully saturated rings. The van der Waals surface area contributed by atoms with Crippen LogP contribution in [0.1, 0.15) is 42.1 Å². The van der Waals surface area contributed by atoms with E-state index < -0.39 is 0 Å². The Morgan fingerprint density at radius 1 is 1.14 bits per heavy atom. The highest BCUT2D eigenvalue weighted by Gasteiger charge is 2.35. The van der Waals surface area contributed by atoms with Crippen molar-refractivity contribution >= 4 is 5.91 Å². The number of carbonyl (C=O) groups excluding carboxylic acids is 1. The number of likely N-dealkylation sites (tertiary alicyclic amines) is 1. The van der Waals surface area contributed by atoms with E-state index in [4.69, 9.17) is 9.47 Å². The van der Waals surface area contributed by atoms with E-state index in [1.54, 1.807) is 24.3 Å². The van der Waals surface area contributed by atoms with Crippen LogP contribution in [0.2, 0.25) is 0 Å². The fourth-order valence-electron chi connectivity index (χ4n) is 3.87. The van der Waals surface area contributed by atoms with Gasteiger partial charge < -0.3 is 19.5 Å². The van der Waals surface area contributed by atoms with Crippen molar-refractivity contribution in [2.45, 2.75) is 44.7 Å². The van der Waals surface area contributed by atoms with Crippen molar-refractivity contribution < 1.29 is 23.8 Å². The summed E-state index contributed by atoms with van der Waals surface area (Å²) in [6.07, 6.45) is 3.46. The molecule has 1 heterocycles. The number of carbonyl (C=O) groups is 1. The summed E-state index contributed by atoms with van der Waals surface area (Å²) >= 11 is 0. The maximum atomic E-state index is 13.3. The van der Waals surface area contributed by atoms with Crippen LogP contribution < -0.4 is 9.47 Å². The van der Waals surface area contributed by atoms with Gasteiger partial charge in [0.15, 0.2) is 11.5 Å². The first-order chi connectivity index (χ1) is 13.4. The maximum absolute atomic E-state index is 13.3. The zero-order valence-corrected chi connectivity index (χ0v) is 16.4. The molecule has 2 aromatic carbocycles. The molecule has 1 N–H and O–H groups in total. The molecule has 0 radical (unpaired) electrons. The maximum Gasteiger partial charge on any atom is 0.254 e. The molecule has 0 aromatic heterocycles. The van der Waals surface area contributed by atoms with Gasteiger partial charge in [0, 0.05) is 17.6 Å². The van der Waals surface area contributed by atoms with Crippen LogP contribution in [0, 0.1) is 5.82 Å². The Morgan fingerprint density at radius 2 is 1.75 bits per heavy atom. The first-order valence-corrected chi connectivity index (χ1v) is 9.46. The van der Waals surface area contributed by atoms with Crippen LogP contribution >= 0.6 is 0 Å². The fraction of sp³-hybridized carbons (Fsp3) is 0.409. The Balaban J connectivity index is 1.79. The van der Waals surface area contributed by atoms with E-state index in [9.17, 15) is 14.3 Å². The van der Waals surface area contributed by atoms with Gasteiger partial charge in [-0.15, -0.1) is 0 Å². The van der Waals surface area contributed by atoms with Crippen LogP contribution in [-0.2, 0) is 6.42 Å². The van der Waals surface area contributed by atoms with Gasteiger partial charge in [0.05, 0.1) is 14.2 Å². The minimum Gasteiger partial charge on any atom is -0.502 e. The van der Waals surface area contributed by atoms with Gasteiger partial charge in [0.25, 0.3) is 5.91 Å². The van der Waals surface area contributed by atoms with E-state index in [0.717, 1.165) is 31.2 Å². The minimum atomic E-state index is -0.245. The molecule has 2 aromatic rings. The summed E-state index contributed by atoms with van der Waals surface area (Å²) in [7, 11) is 2.87. The number of hydrogen-bond donors (Lipinski definition) is 1. The van der Waals surface area contributed by atoms with Crippen LogP contribution in [-0.4, -0.2) is 42.2 Å². The molecule has 5 nitrogen and oxygen atoms in total. The van der Waals surface area contributed by atoms with Gasteiger partial charge in [0.2, 0.25) is 5.75 Å². The molecule has 0 saturated carbocycles. The molecule has 0 spiro atoms. The molecule has 1 aliphatic heterocycles. The SMILES string of the molecule is COc1cc(C(=O)N2[C@@H](CCc3ccc(F)cc3)CC[C@H]2C)cc(OC)c1O. The quantitative estimate of drug-likeness (QED) is 0.808. The highest BCUT2D eigenvalue weighted by Crippen LogP contribution is 2.38.